The Hall–Kier alpha value is -1.71. The smallest absolute Gasteiger partial charge is 0.309 e. The second kappa shape index (κ2) is 3.61. The minimum absolute atomic E-state index is 0.172. The number of benzene rings is 1. The van der Waals surface area contributed by atoms with Gasteiger partial charge in [0.2, 0.25) is 0 Å². The zero-order valence-electron chi connectivity index (χ0n) is 6.24. The maximum absolute atomic E-state index is 9.78. The van der Waals surface area contributed by atoms with Crippen LogP contribution in [0.15, 0.2) is 18.2 Å². The van der Waals surface area contributed by atoms with E-state index in [2.05, 4.69) is 5.32 Å². The first-order valence-corrected chi connectivity index (χ1v) is 3.35. The molecule has 1 rings (SSSR count). The Morgan fingerprint density at radius 3 is 2.67 bits per heavy atom. The number of phenols is 2. The van der Waals surface area contributed by atoms with E-state index < -0.39 is 0 Å². The molecule has 63 valence electrons. The van der Waals surface area contributed by atoms with Crippen LogP contribution in [0.5, 0.6) is 11.5 Å². The molecule has 0 aliphatic rings. The fourth-order valence-corrected chi connectivity index (χ4v) is 0.817. The summed E-state index contributed by atoms with van der Waals surface area (Å²) in [4.78, 5) is 9.78. The van der Waals surface area contributed by atoms with E-state index in [0.717, 1.165) is 0 Å². The van der Waals surface area contributed by atoms with Crippen molar-refractivity contribution in [1.29, 1.82) is 0 Å². The van der Waals surface area contributed by atoms with Crippen LogP contribution in [0.4, 0.5) is 0 Å². The number of carbonyl (C=O) groups excluding carboxylic acids is 1. The largest absolute Gasteiger partial charge is 0.504 e. The van der Waals surface area contributed by atoms with Gasteiger partial charge in [0.05, 0.1) is 0 Å². The zero-order valence-corrected chi connectivity index (χ0v) is 6.24. The third-order valence-electron chi connectivity index (χ3n) is 1.40. The third kappa shape index (κ3) is 1.88. The lowest BCUT2D eigenvalue weighted by atomic mass is 10.2. The van der Waals surface area contributed by atoms with Crippen molar-refractivity contribution in [3.05, 3.63) is 23.8 Å². The molecule has 0 aliphatic heterocycles. The molecule has 0 spiro atoms. The van der Waals surface area contributed by atoms with Gasteiger partial charge in [-0.1, -0.05) is 6.07 Å². The Labute approximate surface area is 69.5 Å². The van der Waals surface area contributed by atoms with E-state index in [1.807, 2.05) is 0 Å². The van der Waals surface area contributed by atoms with Gasteiger partial charge in [-0.25, -0.2) is 0 Å². The number of hydrogen-bond donors (Lipinski definition) is 3. The highest BCUT2D eigenvalue weighted by atomic mass is 16.3. The molecule has 0 saturated heterocycles. The van der Waals surface area contributed by atoms with Gasteiger partial charge in [0.25, 0.3) is 0 Å². The molecular formula is C8H8NO3. The summed E-state index contributed by atoms with van der Waals surface area (Å²) < 4.78 is 0. The Kier molecular flexibility index (Phi) is 2.53. The first kappa shape index (κ1) is 8.39. The van der Waals surface area contributed by atoms with Gasteiger partial charge in [-0.05, 0) is 17.7 Å². The molecule has 4 heteroatoms. The van der Waals surface area contributed by atoms with Crippen LogP contribution in [0.2, 0.25) is 0 Å². The van der Waals surface area contributed by atoms with Crippen LogP contribution in [0, 0.1) is 0 Å². The van der Waals surface area contributed by atoms with Crippen molar-refractivity contribution in [2.75, 3.05) is 0 Å². The average molecular weight is 166 g/mol. The van der Waals surface area contributed by atoms with Crippen LogP contribution in [0.1, 0.15) is 5.56 Å². The Morgan fingerprint density at radius 2 is 2.08 bits per heavy atom. The van der Waals surface area contributed by atoms with Crippen LogP contribution >= 0.6 is 0 Å². The summed E-state index contributed by atoms with van der Waals surface area (Å²) in [7, 11) is 0. The van der Waals surface area contributed by atoms with Crippen LogP contribution in [0.3, 0.4) is 0 Å². The first-order chi connectivity index (χ1) is 5.74. The lowest BCUT2D eigenvalue weighted by Crippen LogP contribution is -2.09. The van der Waals surface area contributed by atoms with Crippen LogP contribution in [-0.2, 0) is 11.3 Å². The molecule has 0 bridgehead atoms. The standard InChI is InChI=1S/C8H8NO3/c10-5-9-4-6-1-2-7(11)8(12)3-6/h1-3,11-12H,4H2,(H,9,10). The third-order valence-corrected chi connectivity index (χ3v) is 1.40. The second-order valence-corrected chi connectivity index (χ2v) is 2.28. The Balaban J connectivity index is 2.75. The van der Waals surface area contributed by atoms with Gasteiger partial charge in [-0.2, -0.15) is 0 Å². The molecule has 0 unspecified atom stereocenters. The molecule has 0 aromatic heterocycles. The minimum atomic E-state index is -0.194. The maximum Gasteiger partial charge on any atom is 0.309 e. The summed E-state index contributed by atoms with van der Waals surface area (Å²) in [6.07, 6.45) is 1.51. The average Bonchev–Trinajstić information content (AvgIpc) is 2.07. The fraction of sp³-hybridized carbons (Fsp3) is 0.125. The quantitative estimate of drug-likeness (QED) is 0.445. The molecule has 0 fully saturated rings. The van der Waals surface area contributed by atoms with E-state index in [0.29, 0.717) is 5.56 Å². The predicted molar refractivity (Wildman–Crippen MR) is 42.3 cm³/mol. The Bertz CT molecular complexity index is 286. The van der Waals surface area contributed by atoms with Gasteiger partial charge in [0, 0.05) is 6.54 Å². The Morgan fingerprint density at radius 1 is 1.33 bits per heavy atom. The summed E-state index contributed by atoms with van der Waals surface area (Å²) in [5.41, 5.74) is 0.702. The second-order valence-electron chi connectivity index (χ2n) is 2.28. The minimum Gasteiger partial charge on any atom is -0.504 e. The van der Waals surface area contributed by atoms with Gasteiger partial charge in [0.15, 0.2) is 11.5 Å². The highest BCUT2D eigenvalue weighted by molar-refractivity contribution is 5.48. The lowest BCUT2D eigenvalue weighted by Gasteiger charge is -2.01. The van der Waals surface area contributed by atoms with E-state index in [1.165, 1.54) is 18.5 Å². The highest BCUT2D eigenvalue weighted by Crippen LogP contribution is 2.24. The molecule has 1 aromatic rings. The van der Waals surface area contributed by atoms with E-state index in [-0.39, 0.29) is 18.0 Å². The molecule has 1 amide bonds. The first-order valence-electron chi connectivity index (χ1n) is 3.35. The molecule has 1 aromatic carbocycles. The zero-order chi connectivity index (χ0) is 8.97. The van der Waals surface area contributed by atoms with Crippen LogP contribution in [-0.4, -0.2) is 16.6 Å². The van der Waals surface area contributed by atoms with Crippen LogP contribution in [0.25, 0.3) is 0 Å². The molecule has 0 aliphatic carbocycles. The van der Waals surface area contributed by atoms with Crippen molar-refractivity contribution in [2.45, 2.75) is 6.54 Å². The van der Waals surface area contributed by atoms with Gasteiger partial charge < -0.3 is 15.5 Å². The van der Waals surface area contributed by atoms with Gasteiger partial charge >= 0.3 is 6.41 Å². The number of phenolic OH excluding ortho intramolecular Hbond substituents is 2. The van der Waals surface area contributed by atoms with Gasteiger partial charge in [-0.3, -0.25) is 4.79 Å². The molecule has 12 heavy (non-hydrogen) atoms. The normalized spacial score (nSPS) is 9.33. The van der Waals surface area contributed by atoms with E-state index in [4.69, 9.17) is 10.2 Å². The molecule has 4 nitrogen and oxygen atoms in total. The van der Waals surface area contributed by atoms with E-state index in [1.54, 1.807) is 6.07 Å². The van der Waals surface area contributed by atoms with E-state index >= 15 is 0 Å². The van der Waals surface area contributed by atoms with Crippen LogP contribution < -0.4 is 5.32 Å². The number of nitrogens with one attached hydrogen (secondary N) is 1. The maximum atomic E-state index is 9.78. The summed E-state index contributed by atoms with van der Waals surface area (Å²) >= 11 is 0. The van der Waals surface area contributed by atoms with Crippen molar-refractivity contribution >= 4 is 6.41 Å². The predicted octanol–water partition coefficient (Wildman–Crippen LogP) is 0.255. The van der Waals surface area contributed by atoms with Crippen molar-refractivity contribution in [2.24, 2.45) is 0 Å². The van der Waals surface area contributed by atoms with Gasteiger partial charge in [-0.15, -0.1) is 0 Å². The number of rotatable bonds is 3. The number of aromatic hydroxyl groups is 2. The van der Waals surface area contributed by atoms with Crippen molar-refractivity contribution in [1.82, 2.24) is 5.32 Å². The lowest BCUT2D eigenvalue weighted by molar-refractivity contribution is 0.403. The molecule has 0 atom stereocenters. The molecule has 1 radical (unpaired) electrons. The summed E-state index contributed by atoms with van der Waals surface area (Å²) in [5.74, 6) is -0.367. The summed E-state index contributed by atoms with van der Waals surface area (Å²) in [6.45, 7) is 0.289. The SMILES string of the molecule is O=[C]NCc1ccc(O)c(O)c1. The van der Waals surface area contributed by atoms with Crippen molar-refractivity contribution in [3.8, 4) is 11.5 Å². The van der Waals surface area contributed by atoms with Crippen molar-refractivity contribution < 1.29 is 15.0 Å². The van der Waals surface area contributed by atoms with Gasteiger partial charge in [0.1, 0.15) is 0 Å². The van der Waals surface area contributed by atoms with E-state index in [9.17, 15) is 4.79 Å². The number of hydrogen-bond acceptors (Lipinski definition) is 3. The molecular weight excluding hydrogens is 158 g/mol. The highest BCUT2D eigenvalue weighted by Gasteiger charge is 1.99. The molecule has 3 N–H and O–H groups in total. The van der Waals surface area contributed by atoms with Crippen molar-refractivity contribution in [3.63, 3.8) is 0 Å². The summed E-state index contributed by atoms with van der Waals surface area (Å²) in [6, 6.07) is 4.33. The molecule has 0 heterocycles. The monoisotopic (exact) mass is 166 g/mol. The fourth-order valence-electron chi connectivity index (χ4n) is 0.817. The molecule has 0 saturated carbocycles. The number of amides is 1. The summed E-state index contributed by atoms with van der Waals surface area (Å²) in [5, 5.41) is 20.3. The topological polar surface area (TPSA) is 69.6 Å².